The molecule has 1 aromatic heterocycles. The van der Waals surface area contributed by atoms with E-state index in [0.717, 1.165) is 74.3 Å². The van der Waals surface area contributed by atoms with Crippen molar-refractivity contribution in [3.63, 3.8) is 0 Å². The number of nitrogens with zero attached hydrogens (tertiary/aromatic N) is 6. The summed E-state index contributed by atoms with van der Waals surface area (Å²) in [7, 11) is 5.03. The molecule has 5 rings (SSSR count). The fourth-order valence-corrected chi connectivity index (χ4v) is 5.09. The molecule has 0 saturated carbocycles. The van der Waals surface area contributed by atoms with Gasteiger partial charge in [-0.15, -0.1) is 17.5 Å². The van der Waals surface area contributed by atoms with Gasteiger partial charge in [-0.2, -0.15) is 0 Å². The van der Waals surface area contributed by atoms with Crippen molar-refractivity contribution in [3.05, 3.63) is 53.9 Å². The molecule has 2 fully saturated rings. The second-order valence-electron chi connectivity index (χ2n) is 9.09. The van der Waals surface area contributed by atoms with E-state index in [1.54, 1.807) is 21.3 Å². The SMILES string of the molecule is COc1ccc(N2CCN(C(c3ccc(OC)cc3OC)c3nnnn3CC3CCCO3)CC2)cc1.Cl. The van der Waals surface area contributed by atoms with Crippen LogP contribution in [-0.2, 0) is 11.3 Å². The average Bonchev–Trinajstić information content (AvgIpc) is 3.62. The van der Waals surface area contributed by atoms with Crippen LogP contribution in [0.5, 0.6) is 17.2 Å². The molecular formula is C26H35ClN6O4. The molecule has 2 unspecified atom stereocenters. The van der Waals surface area contributed by atoms with Crippen LogP contribution in [0.2, 0.25) is 0 Å². The number of piperazine rings is 1. The molecule has 200 valence electrons. The summed E-state index contributed by atoms with van der Waals surface area (Å²) in [5, 5.41) is 12.9. The molecular weight excluding hydrogens is 496 g/mol. The van der Waals surface area contributed by atoms with Crippen molar-refractivity contribution in [1.29, 1.82) is 0 Å². The summed E-state index contributed by atoms with van der Waals surface area (Å²) in [6, 6.07) is 14.0. The number of benzene rings is 2. The van der Waals surface area contributed by atoms with Gasteiger partial charge in [-0.3, -0.25) is 4.90 Å². The maximum atomic E-state index is 5.88. The van der Waals surface area contributed by atoms with E-state index in [1.165, 1.54) is 5.69 Å². The molecule has 0 N–H and O–H groups in total. The van der Waals surface area contributed by atoms with Crippen molar-refractivity contribution >= 4 is 18.1 Å². The van der Waals surface area contributed by atoms with E-state index in [-0.39, 0.29) is 24.6 Å². The lowest BCUT2D eigenvalue weighted by molar-refractivity contribution is 0.0906. The van der Waals surface area contributed by atoms with Crippen LogP contribution < -0.4 is 19.1 Å². The van der Waals surface area contributed by atoms with Crippen LogP contribution >= 0.6 is 12.4 Å². The lowest BCUT2D eigenvalue weighted by Crippen LogP contribution is -2.48. The fourth-order valence-electron chi connectivity index (χ4n) is 5.09. The molecule has 3 aromatic rings. The number of methoxy groups -OCH3 is 3. The fraction of sp³-hybridized carbons (Fsp3) is 0.500. The molecule has 2 aliphatic heterocycles. The first-order chi connectivity index (χ1) is 17.7. The molecule has 11 heteroatoms. The van der Waals surface area contributed by atoms with E-state index in [1.807, 2.05) is 28.9 Å². The van der Waals surface area contributed by atoms with E-state index in [9.17, 15) is 0 Å². The van der Waals surface area contributed by atoms with Crippen LogP contribution in [0.4, 0.5) is 5.69 Å². The van der Waals surface area contributed by atoms with Crippen LogP contribution in [0, 0.1) is 0 Å². The quantitative estimate of drug-likeness (QED) is 0.414. The summed E-state index contributed by atoms with van der Waals surface area (Å²) < 4.78 is 24.4. The second-order valence-corrected chi connectivity index (χ2v) is 9.09. The molecule has 0 radical (unpaired) electrons. The van der Waals surface area contributed by atoms with Crippen LogP contribution in [0.1, 0.15) is 30.3 Å². The third kappa shape index (κ3) is 5.92. The standard InChI is InChI=1S/C26H34N6O4.ClH/c1-33-20-8-6-19(7-9-20)30-12-14-31(15-13-30)25(23-11-10-21(34-2)17-24(23)35-3)26-27-28-29-32(26)18-22-5-4-16-36-22;/h6-11,17,22,25H,4-5,12-16,18H2,1-3H3;1H. The maximum absolute atomic E-state index is 5.88. The number of ether oxygens (including phenoxy) is 4. The van der Waals surface area contributed by atoms with Crippen molar-refractivity contribution in [2.75, 3.05) is 59.0 Å². The van der Waals surface area contributed by atoms with Gasteiger partial charge in [0.15, 0.2) is 5.82 Å². The zero-order chi connectivity index (χ0) is 24.9. The Morgan fingerprint density at radius 1 is 0.946 bits per heavy atom. The number of tetrazole rings is 1. The smallest absolute Gasteiger partial charge is 0.173 e. The van der Waals surface area contributed by atoms with Crippen molar-refractivity contribution in [2.45, 2.75) is 31.5 Å². The summed E-state index contributed by atoms with van der Waals surface area (Å²) >= 11 is 0. The molecule has 0 spiro atoms. The summed E-state index contributed by atoms with van der Waals surface area (Å²) in [5.74, 6) is 3.16. The van der Waals surface area contributed by atoms with Crippen molar-refractivity contribution < 1.29 is 18.9 Å². The first-order valence-corrected chi connectivity index (χ1v) is 12.4. The van der Waals surface area contributed by atoms with E-state index in [0.29, 0.717) is 6.54 Å². The van der Waals surface area contributed by atoms with Gasteiger partial charge in [-0.25, -0.2) is 4.68 Å². The molecule has 0 amide bonds. The maximum Gasteiger partial charge on any atom is 0.173 e. The summed E-state index contributed by atoms with van der Waals surface area (Å²) in [6.45, 7) is 4.90. The van der Waals surface area contributed by atoms with Gasteiger partial charge in [0, 0.05) is 50.1 Å². The third-order valence-electron chi connectivity index (χ3n) is 7.06. The Morgan fingerprint density at radius 3 is 2.32 bits per heavy atom. The number of hydrogen-bond acceptors (Lipinski definition) is 9. The zero-order valence-corrected chi connectivity index (χ0v) is 22.4. The first kappa shape index (κ1) is 27.0. The highest BCUT2D eigenvalue weighted by Gasteiger charge is 2.33. The minimum absolute atomic E-state index is 0. The number of aromatic nitrogens is 4. The van der Waals surface area contributed by atoms with Gasteiger partial charge >= 0.3 is 0 Å². The molecule has 2 saturated heterocycles. The zero-order valence-electron chi connectivity index (χ0n) is 21.6. The first-order valence-electron chi connectivity index (χ1n) is 12.4. The van der Waals surface area contributed by atoms with Gasteiger partial charge in [-0.05, 0) is 59.7 Å². The van der Waals surface area contributed by atoms with Gasteiger partial charge in [0.1, 0.15) is 23.3 Å². The number of anilines is 1. The molecule has 2 atom stereocenters. The van der Waals surface area contributed by atoms with Crippen LogP contribution in [0.25, 0.3) is 0 Å². The van der Waals surface area contributed by atoms with E-state index < -0.39 is 0 Å². The molecule has 3 heterocycles. The molecule has 10 nitrogen and oxygen atoms in total. The summed E-state index contributed by atoms with van der Waals surface area (Å²) in [6.07, 6.45) is 2.24. The molecule has 37 heavy (non-hydrogen) atoms. The molecule has 0 aliphatic carbocycles. The Morgan fingerprint density at radius 2 is 1.68 bits per heavy atom. The molecule has 0 bridgehead atoms. The Balaban J connectivity index is 0.00000320. The van der Waals surface area contributed by atoms with E-state index in [2.05, 4.69) is 43.5 Å². The highest BCUT2D eigenvalue weighted by atomic mass is 35.5. The van der Waals surface area contributed by atoms with Crippen LogP contribution in [0.15, 0.2) is 42.5 Å². The summed E-state index contributed by atoms with van der Waals surface area (Å²) in [5.41, 5.74) is 2.21. The lowest BCUT2D eigenvalue weighted by atomic mass is 10.0. The summed E-state index contributed by atoms with van der Waals surface area (Å²) in [4.78, 5) is 4.83. The van der Waals surface area contributed by atoms with Crippen LogP contribution in [0.3, 0.4) is 0 Å². The molecule has 2 aromatic carbocycles. The minimum Gasteiger partial charge on any atom is -0.497 e. The predicted octanol–water partition coefficient (Wildman–Crippen LogP) is 3.21. The van der Waals surface area contributed by atoms with Gasteiger partial charge in [-0.1, -0.05) is 0 Å². The minimum atomic E-state index is -0.166. The monoisotopic (exact) mass is 530 g/mol. The van der Waals surface area contributed by atoms with Gasteiger partial charge in [0.2, 0.25) is 0 Å². The predicted molar refractivity (Wildman–Crippen MR) is 142 cm³/mol. The van der Waals surface area contributed by atoms with Crippen molar-refractivity contribution in [1.82, 2.24) is 25.1 Å². The third-order valence-corrected chi connectivity index (χ3v) is 7.06. The Hall–Kier alpha value is -3.08. The van der Waals surface area contributed by atoms with Gasteiger partial charge in [0.25, 0.3) is 0 Å². The Bertz CT molecular complexity index is 1130. The van der Waals surface area contributed by atoms with Crippen molar-refractivity contribution in [2.24, 2.45) is 0 Å². The number of halogens is 1. The van der Waals surface area contributed by atoms with Crippen molar-refractivity contribution in [3.8, 4) is 17.2 Å². The van der Waals surface area contributed by atoms with Gasteiger partial charge < -0.3 is 23.8 Å². The normalized spacial score (nSPS) is 18.8. The number of hydrogen-bond donors (Lipinski definition) is 0. The van der Waals surface area contributed by atoms with Crippen LogP contribution in [-0.4, -0.2) is 85.3 Å². The lowest BCUT2D eigenvalue weighted by Gasteiger charge is -2.40. The topological polar surface area (TPSA) is 87.0 Å². The number of rotatable bonds is 9. The molecule has 2 aliphatic rings. The Kier molecular flexibility index (Phi) is 9.07. The Labute approximate surface area is 223 Å². The van der Waals surface area contributed by atoms with E-state index in [4.69, 9.17) is 18.9 Å². The van der Waals surface area contributed by atoms with Gasteiger partial charge in [0.05, 0.1) is 34.0 Å². The highest BCUT2D eigenvalue weighted by Crippen LogP contribution is 2.37. The highest BCUT2D eigenvalue weighted by molar-refractivity contribution is 5.85. The second kappa shape index (κ2) is 12.4. The van der Waals surface area contributed by atoms with E-state index >= 15 is 0 Å². The largest absolute Gasteiger partial charge is 0.497 e. The average molecular weight is 531 g/mol.